The molecule has 0 aliphatic heterocycles. The maximum absolute atomic E-state index is 13.1. The van der Waals surface area contributed by atoms with E-state index in [-0.39, 0.29) is 0 Å². The molecule has 1 N–H and O–H groups in total. The average Bonchev–Trinajstić information content (AvgIpc) is 2.55. The van der Waals surface area contributed by atoms with E-state index in [1.54, 1.807) is 43.3 Å². The van der Waals surface area contributed by atoms with Gasteiger partial charge in [-0.1, -0.05) is 33.6 Å². The number of amides is 2. The van der Waals surface area contributed by atoms with Crippen LogP contribution in [0.5, 0.6) is 0 Å². The molecule has 0 heterocycles. The van der Waals surface area contributed by atoms with Gasteiger partial charge in [0.05, 0.1) is 0 Å². The van der Waals surface area contributed by atoms with Crippen LogP contribution < -0.4 is 5.43 Å². The van der Waals surface area contributed by atoms with E-state index < -0.39 is 17.4 Å². The molecule has 0 spiro atoms. The number of hydrogen-bond donors (Lipinski definition) is 1. The zero-order valence-corrected chi connectivity index (χ0v) is 17.8. The minimum Gasteiger partial charge on any atom is -0.267 e. The second kappa shape index (κ2) is 7.91. The van der Waals surface area contributed by atoms with Crippen LogP contribution in [0, 0.1) is 13.8 Å². The van der Waals surface area contributed by atoms with Gasteiger partial charge in [0, 0.05) is 26.2 Å². The highest BCUT2D eigenvalue weighted by Gasteiger charge is 2.29. The van der Waals surface area contributed by atoms with Crippen LogP contribution >= 0.6 is 27.5 Å². The van der Waals surface area contributed by atoms with E-state index >= 15 is 0 Å². The maximum atomic E-state index is 13.1. The minimum atomic E-state index is -0.484. The van der Waals surface area contributed by atoms with Crippen LogP contribution in [0.1, 0.15) is 52.6 Å². The first-order valence-corrected chi connectivity index (χ1v) is 9.36. The fourth-order valence-electron chi connectivity index (χ4n) is 2.40. The van der Waals surface area contributed by atoms with Crippen LogP contribution in [0.25, 0.3) is 0 Å². The summed E-state index contributed by atoms with van der Waals surface area (Å²) in [6, 6.07) is 10.3. The molecular formula is C20H22BrClN2O2. The SMILES string of the molecule is Cc1cc(C(=O)N(NC(C)(C)C)C(=O)c2cccc(Cl)c2C)ccc1Br. The van der Waals surface area contributed by atoms with Gasteiger partial charge < -0.3 is 0 Å². The summed E-state index contributed by atoms with van der Waals surface area (Å²) in [5, 5.41) is 1.56. The number of aryl methyl sites for hydroxylation is 1. The molecule has 0 aliphatic rings. The van der Waals surface area contributed by atoms with Crippen LogP contribution in [0.2, 0.25) is 5.02 Å². The number of benzene rings is 2. The Morgan fingerprint density at radius 2 is 1.73 bits per heavy atom. The fraction of sp³-hybridized carbons (Fsp3) is 0.300. The Morgan fingerprint density at radius 1 is 1.08 bits per heavy atom. The summed E-state index contributed by atoms with van der Waals surface area (Å²) in [4.78, 5) is 26.2. The molecule has 2 aromatic rings. The quantitative estimate of drug-likeness (QED) is 0.523. The molecule has 2 rings (SSSR count). The van der Waals surface area contributed by atoms with Crippen molar-refractivity contribution in [3.63, 3.8) is 0 Å². The third-order valence-corrected chi connectivity index (χ3v) is 5.06. The lowest BCUT2D eigenvalue weighted by atomic mass is 10.1. The van der Waals surface area contributed by atoms with Gasteiger partial charge in [0.25, 0.3) is 11.8 Å². The summed E-state index contributed by atoms with van der Waals surface area (Å²) >= 11 is 9.57. The lowest BCUT2D eigenvalue weighted by molar-refractivity contribution is 0.0451. The van der Waals surface area contributed by atoms with Crippen LogP contribution in [0.15, 0.2) is 40.9 Å². The number of carbonyl (C=O) groups is 2. The van der Waals surface area contributed by atoms with Gasteiger partial charge in [-0.3, -0.25) is 9.59 Å². The summed E-state index contributed by atoms with van der Waals surface area (Å²) in [7, 11) is 0. The Bertz CT molecular complexity index is 859. The topological polar surface area (TPSA) is 49.4 Å². The van der Waals surface area contributed by atoms with E-state index in [1.807, 2.05) is 27.7 Å². The first-order valence-electron chi connectivity index (χ1n) is 8.19. The van der Waals surface area contributed by atoms with E-state index in [0.29, 0.717) is 21.7 Å². The predicted molar refractivity (Wildman–Crippen MR) is 108 cm³/mol. The summed E-state index contributed by atoms with van der Waals surface area (Å²) < 4.78 is 0.904. The van der Waals surface area contributed by atoms with Gasteiger partial charge in [-0.25, -0.2) is 10.4 Å². The Kier molecular flexibility index (Phi) is 6.27. The van der Waals surface area contributed by atoms with Crippen LogP contribution in [0.3, 0.4) is 0 Å². The molecule has 0 aromatic heterocycles. The fourth-order valence-corrected chi connectivity index (χ4v) is 2.82. The molecule has 0 radical (unpaired) electrons. The molecule has 2 amide bonds. The van der Waals surface area contributed by atoms with E-state index in [9.17, 15) is 9.59 Å². The summed E-state index contributed by atoms with van der Waals surface area (Å²) in [6.45, 7) is 9.32. The first-order chi connectivity index (χ1) is 12.0. The van der Waals surface area contributed by atoms with Gasteiger partial charge in [-0.05, 0) is 76.1 Å². The Morgan fingerprint density at radius 3 is 2.31 bits per heavy atom. The number of nitrogens with zero attached hydrogens (tertiary/aromatic N) is 1. The number of carbonyl (C=O) groups excluding carboxylic acids is 2. The molecule has 0 unspecified atom stereocenters. The summed E-state index contributed by atoms with van der Waals surface area (Å²) in [5.74, 6) is -0.856. The standard InChI is InChI=1S/C20H22BrClN2O2/c1-12-11-14(9-10-16(12)21)18(25)24(23-20(3,4)5)19(26)15-7-6-8-17(22)13(15)2/h6-11,23H,1-5H3. The highest BCUT2D eigenvalue weighted by molar-refractivity contribution is 9.10. The van der Waals surface area contributed by atoms with Gasteiger partial charge >= 0.3 is 0 Å². The normalized spacial score (nSPS) is 11.3. The van der Waals surface area contributed by atoms with Crippen molar-refractivity contribution in [3.05, 3.63) is 68.1 Å². The molecule has 0 fully saturated rings. The van der Waals surface area contributed by atoms with E-state index in [1.165, 1.54) is 0 Å². The van der Waals surface area contributed by atoms with Crippen LogP contribution in [-0.2, 0) is 0 Å². The largest absolute Gasteiger partial charge is 0.275 e. The van der Waals surface area contributed by atoms with Crippen molar-refractivity contribution < 1.29 is 9.59 Å². The number of halogens is 2. The minimum absolute atomic E-state index is 0.386. The molecule has 138 valence electrons. The van der Waals surface area contributed by atoms with Crippen molar-refractivity contribution in [2.24, 2.45) is 0 Å². The van der Waals surface area contributed by atoms with Gasteiger partial charge in [-0.15, -0.1) is 0 Å². The van der Waals surface area contributed by atoms with E-state index in [4.69, 9.17) is 11.6 Å². The van der Waals surface area contributed by atoms with Gasteiger partial charge in [0.2, 0.25) is 0 Å². The Labute approximate surface area is 167 Å². The third-order valence-electron chi connectivity index (χ3n) is 3.76. The monoisotopic (exact) mass is 436 g/mol. The van der Waals surface area contributed by atoms with Gasteiger partial charge in [0.15, 0.2) is 0 Å². The first kappa shape index (κ1) is 20.6. The van der Waals surface area contributed by atoms with Crippen molar-refractivity contribution in [3.8, 4) is 0 Å². The lowest BCUT2D eigenvalue weighted by Gasteiger charge is -2.30. The number of nitrogens with one attached hydrogen (secondary N) is 1. The molecular weight excluding hydrogens is 416 g/mol. The van der Waals surface area contributed by atoms with E-state index in [2.05, 4.69) is 21.4 Å². The van der Waals surface area contributed by atoms with Crippen molar-refractivity contribution in [1.82, 2.24) is 10.4 Å². The van der Waals surface area contributed by atoms with Gasteiger partial charge in [0.1, 0.15) is 0 Å². The third kappa shape index (κ3) is 4.72. The summed E-state index contributed by atoms with van der Waals surface area (Å²) in [6.07, 6.45) is 0. The number of imide groups is 1. The molecule has 0 atom stereocenters. The molecule has 2 aromatic carbocycles. The molecule has 6 heteroatoms. The molecule has 0 aliphatic carbocycles. The smallest absolute Gasteiger partial charge is 0.267 e. The number of hydrazine groups is 1. The molecule has 4 nitrogen and oxygen atoms in total. The second-order valence-electron chi connectivity index (χ2n) is 7.18. The average molecular weight is 438 g/mol. The Balaban J connectivity index is 2.48. The van der Waals surface area contributed by atoms with Crippen molar-refractivity contribution in [2.75, 3.05) is 0 Å². The molecule has 0 saturated carbocycles. The predicted octanol–water partition coefficient (Wildman–Crippen LogP) is 5.31. The van der Waals surface area contributed by atoms with Crippen molar-refractivity contribution in [1.29, 1.82) is 0 Å². The zero-order valence-electron chi connectivity index (χ0n) is 15.5. The van der Waals surface area contributed by atoms with Gasteiger partial charge in [-0.2, -0.15) is 0 Å². The molecule has 26 heavy (non-hydrogen) atoms. The summed E-state index contributed by atoms with van der Waals surface area (Å²) in [5.41, 5.74) is 4.89. The number of rotatable bonds is 3. The number of hydrogen-bond acceptors (Lipinski definition) is 3. The lowest BCUT2D eigenvalue weighted by Crippen LogP contribution is -2.54. The van der Waals surface area contributed by atoms with Crippen molar-refractivity contribution in [2.45, 2.75) is 40.2 Å². The van der Waals surface area contributed by atoms with E-state index in [0.717, 1.165) is 15.0 Å². The maximum Gasteiger partial charge on any atom is 0.275 e. The highest BCUT2D eigenvalue weighted by Crippen LogP contribution is 2.22. The molecule has 0 bridgehead atoms. The Hall–Kier alpha value is -1.69. The van der Waals surface area contributed by atoms with Crippen LogP contribution in [0.4, 0.5) is 0 Å². The molecule has 0 saturated heterocycles. The van der Waals surface area contributed by atoms with Crippen LogP contribution in [-0.4, -0.2) is 22.4 Å². The highest BCUT2D eigenvalue weighted by atomic mass is 79.9. The zero-order chi connectivity index (χ0) is 19.6. The van der Waals surface area contributed by atoms with Crippen molar-refractivity contribution >= 4 is 39.3 Å². The second-order valence-corrected chi connectivity index (χ2v) is 8.45.